The van der Waals surface area contributed by atoms with Gasteiger partial charge in [0.25, 0.3) is 5.91 Å². The van der Waals surface area contributed by atoms with Crippen LogP contribution in [0.1, 0.15) is 49.2 Å². The first-order valence-corrected chi connectivity index (χ1v) is 11.9. The summed E-state index contributed by atoms with van der Waals surface area (Å²) in [6, 6.07) is 10.2. The van der Waals surface area contributed by atoms with Crippen molar-refractivity contribution in [3.63, 3.8) is 0 Å². The molecule has 0 saturated carbocycles. The van der Waals surface area contributed by atoms with Crippen LogP contribution >= 0.6 is 0 Å². The number of unbranched alkanes of at least 4 members (excludes halogenated alkanes) is 1. The van der Waals surface area contributed by atoms with E-state index in [1.54, 1.807) is 0 Å². The van der Waals surface area contributed by atoms with E-state index < -0.39 is 29.8 Å². The van der Waals surface area contributed by atoms with Crippen LogP contribution < -0.4 is 10.1 Å². The Balaban J connectivity index is 1.73. The van der Waals surface area contributed by atoms with Crippen molar-refractivity contribution >= 4 is 11.9 Å². The fraction of sp³-hybridized carbons (Fsp3) is 0.500. The summed E-state index contributed by atoms with van der Waals surface area (Å²) in [6.07, 6.45) is 3.37. The quantitative estimate of drug-likeness (QED) is 0.519. The molecular formula is C26H34N2O7. The highest BCUT2D eigenvalue weighted by Crippen LogP contribution is 2.28. The minimum Gasteiger partial charge on any atom is -0.503 e. The lowest BCUT2D eigenvalue weighted by Crippen LogP contribution is -2.46. The maximum absolute atomic E-state index is 12.9. The molecule has 1 aliphatic rings. The zero-order chi connectivity index (χ0) is 25.2. The van der Waals surface area contributed by atoms with E-state index >= 15 is 0 Å². The van der Waals surface area contributed by atoms with Gasteiger partial charge >= 0.3 is 5.97 Å². The number of nitrogens with zero attached hydrogens (tertiary/aromatic N) is 1. The van der Waals surface area contributed by atoms with Gasteiger partial charge in [0.2, 0.25) is 0 Å². The Morgan fingerprint density at radius 1 is 1.23 bits per heavy atom. The van der Waals surface area contributed by atoms with Crippen LogP contribution in [0.15, 0.2) is 42.6 Å². The van der Waals surface area contributed by atoms with E-state index in [0.717, 1.165) is 24.8 Å². The Kier molecular flexibility index (Phi) is 9.86. The predicted octanol–water partition coefficient (Wildman–Crippen LogP) is 3.25. The number of esters is 1. The lowest BCUT2D eigenvalue weighted by atomic mass is 9.91. The summed E-state index contributed by atoms with van der Waals surface area (Å²) in [5.74, 6) is -1.73. The number of ether oxygens (including phenoxy) is 4. The van der Waals surface area contributed by atoms with Crippen molar-refractivity contribution in [2.45, 2.75) is 58.0 Å². The highest BCUT2D eigenvalue weighted by molar-refractivity contribution is 5.98. The van der Waals surface area contributed by atoms with Gasteiger partial charge in [-0.2, -0.15) is 0 Å². The number of cyclic esters (lactones) is 1. The third kappa shape index (κ3) is 7.16. The van der Waals surface area contributed by atoms with E-state index in [1.807, 2.05) is 37.3 Å². The number of benzene rings is 1. The standard InChI is InChI=1S/C26H34N2O7/c1-4-5-11-19-17(2)35-26(31)20(28-25(30)23-24(29)21(32-3)12-13-27-23)15-33-16-22(19)34-14-18-9-7-6-8-10-18/h6-10,12-13,17,19-20,22,29H,4-5,11,14-16H2,1-3H3,(H,28,30). The van der Waals surface area contributed by atoms with Gasteiger partial charge in [-0.15, -0.1) is 0 Å². The van der Waals surface area contributed by atoms with Crippen LogP contribution in [0.4, 0.5) is 0 Å². The molecule has 4 unspecified atom stereocenters. The van der Waals surface area contributed by atoms with Gasteiger partial charge in [-0.3, -0.25) is 4.79 Å². The number of aromatic hydroxyl groups is 1. The number of pyridine rings is 1. The SMILES string of the molecule is CCCCC1C(C)OC(=O)C(NC(=O)c2nccc(OC)c2O)COCC1OCc1ccccc1. The van der Waals surface area contributed by atoms with Gasteiger partial charge in [-0.05, 0) is 18.9 Å². The average molecular weight is 487 g/mol. The molecule has 9 heteroatoms. The van der Waals surface area contributed by atoms with Crippen molar-refractivity contribution in [3.05, 3.63) is 53.9 Å². The van der Waals surface area contributed by atoms with Gasteiger partial charge < -0.3 is 29.4 Å². The van der Waals surface area contributed by atoms with Crippen molar-refractivity contribution in [3.8, 4) is 11.5 Å². The third-order valence-corrected chi connectivity index (χ3v) is 6.06. The van der Waals surface area contributed by atoms with Gasteiger partial charge in [-0.25, -0.2) is 9.78 Å². The van der Waals surface area contributed by atoms with E-state index in [1.165, 1.54) is 19.4 Å². The Bertz CT molecular complexity index is 969. The fourth-order valence-electron chi connectivity index (χ4n) is 4.05. The van der Waals surface area contributed by atoms with E-state index in [4.69, 9.17) is 18.9 Å². The molecule has 3 rings (SSSR count). The summed E-state index contributed by atoms with van der Waals surface area (Å²) in [6.45, 7) is 4.51. The molecule has 0 aliphatic carbocycles. The van der Waals surface area contributed by atoms with Gasteiger partial charge in [0.15, 0.2) is 23.2 Å². The van der Waals surface area contributed by atoms with Crippen LogP contribution in [-0.4, -0.2) is 60.5 Å². The van der Waals surface area contributed by atoms with Gasteiger partial charge in [0.05, 0.1) is 33.0 Å². The largest absolute Gasteiger partial charge is 0.503 e. The van der Waals surface area contributed by atoms with Gasteiger partial charge in [0, 0.05) is 18.2 Å². The summed E-state index contributed by atoms with van der Waals surface area (Å²) < 4.78 is 22.9. The summed E-state index contributed by atoms with van der Waals surface area (Å²) in [5, 5.41) is 12.8. The number of nitrogens with one attached hydrogen (secondary N) is 1. The van der Waals surface area contributed by atoms with Crippen LogP contribution in [0.3, 0.4) is 0 Å². The number of carbonyl (C=O) groups is 2. The molecule has 9 nitrogen and oxygen atoms in total. The van der Waals surface area contributed by atoms with Gasteiger partial charge in [0.1, 0.15) is 6.10 Å². The minimum absolute atomic E-state index is 0.0684. The molecule has 4 atom stereocenters. The first kappa shape index (κ1) is 26.4. The molecule has 1 amide bonds. The Morgan fingerprint density at radius 3 is 2.71 bits per heavy atom. The van der Waals surface area contributed by atoms with Crippen molar-refractivity contribution in [2.24, 2.45) is 5.92 Å². The molecule has 1 aromatic heterocycles. The smallest absolute Gasteiger partial charge is 0.331 e. The van der Waals surface area contributed by atoms with E-state index in [9.17, 15) is 14.7 Å². The number of amides is 1. The monoisotopic (exact) mass is 486 g/mol. The maximum atomic E-state index is 12.9. The van der Waals surface area contributed by atoms with Crippen LogP contribution in [0.25, 0.3) is 0 Å². The van der Waals surface area contributed by atoms with Crippen LogP contribution in [0.5, 0.6) is 11.5 Å². The Morgan fingerprint density at radius 2 is 2.00 bits per heavy atom. The lowest BCUT2D eigenvalue weighted by Gasteiger charge is -2.30. The molecule has 35 heavy (non-hydrogen) atoms. The molecule has 0 bridgehead atoms. The molecule has 1 aromatic carbocycles. The number of hydrogen-bond donors (Lipinski definition) is 2. The summed E-state index contributed by atoms with van der Waals surface area (Å²) in [7, 11) is 1.37. The van der Waals surface area contributed by atoms with Crippen LogP contribution in [0.2, 0.25) is 0 Å². The zero-order valence-electron chi connectivity index (χ0n) is 20.4. The molecule has 1 aliphatic heterocycles. The Labute approximate surface area is 205 Å². The average Bonchev–Trinajstić information content (AvgIpc) is 2.91. The molecule has 1 fully saturated rings. The molecule has 2 N–H and O–H groups in total. The first-order chi connectivity index (χ1) is 16.9. The molecule has 0 spiro atoms. The second-order valence-corrected chi connectivity index (χ2v) is 8.56. The Hall–Kier alpha value is -3.17. The second kappa shape index (κ2) is 13.1. The van der Waals surface area contributed by atoms with Crippen LogP contribution in [-0.2, 0) is 25.6 Å². The lowest BCUT2D eigenvalue weighted by molar-refractivity contribution is -0.155. The van der Waals surface area contributed by atoms with Crippen molar-refractivity contribution in [2.75, 3.05) is 20.3 Å². The van der Waals surface area contributed by atoms with Crippen molar-refractivity contribution < 1.29 is 33.6 Å². The predicted molar refractivity (Wildman–Crippen MR) is 128 cm³/mol. The maximum Gasteiger partial charge on any atom is 0.331 e. The zero-order valence-corrected chi connectivity index (χ0v) is 20.4. The number of methoxy groups -OCH3 is 1. The highest BCUT2D eigenvalue weighted by atomic mass is 16.6. The van der Waals surface area contributed by atoms with E-state index in [-0.39, 0.29) is 36.7 Å². The fourth-order valence-corrected chi connectivity index (χ4v) is 4.05. The molecule has 0 radical (unpaired) electrons. The van der Waals surface area contributed by atoms with Crippen LogP contribution in [0, 0.1) is 5.92 Å². The summed E-state index contributed by atoms with van der Waals surface area (Å²) in [4.78, 5) is 29.6. The summed E-state index contributed by atoms with van der Waals surface area (Å²) in [5.41, 5.74) is 0.789. The van der Waals surface area contributed by atoms with Crippen molar-refractivity contribution in [1.29, 1.82) is 0 Å². The minimum atomic E-state index is -1.07. The van der Waals surface area contributed by atoms with E-state index in [2.05, 4.69) is 17.2 Å². The topological polar surface area (TPSA) is 116 Å². The van der Waals surface area contributed by atoms with Crippen molar-refractivity contribution in [1.82, 2.24) is 10.3 Å². The van der Waals surface area contributed by atoms with E-state index in [0.29, 0.717) is 6.61 Å². The number of carbonyl (C=O) groups excluding carboxylic acids is 2. The van der Waals surface area contributed by atoms with Gasteiger partial charge in [-0.1, -0.05) is 50.1 Å². The number of hydrogen-bond acceptors (Lipinski definition) is 8. The molecule has 2 aromatic rings. The molecule has 190 valence electrons. The molecule has 1 saturated heterocycles. The summed E-state index contributed by atoms with van der Waals surface area (Å²) >= 11 is 0. The molecular weight excluding hydrogens is 452 g/mol. The number of rotatable bonds is 9. The highest BCUT2D eigenvalue weighted by Gasteiger charge is 2.35. The second-order valence-electron chi connectivity index (χ2n) is 8.56. The number of aromatic nitrogens is 1. The first-order valence-electron chi connectivity index (χ1n) is 11.9. The molecule has 2 heterocycles. The normalized spacial score (nSPS) is 22.9. The third-order valence-electron chi connectivity index (χ3n) is 6.06.